The van der Waals surface area contributed by atoms with Gasteiger partial charge in [0.2, 0.25) is 5.91 Å². The maximum absolute atomic E-state index is 12.4. The summed E-state index contributed by atoms with van der Waals surface area (Å²) in [5, 5.41) is 16.0. The topological polar surface area (TPSA) is 64.6 Å². The van der Waals surface area contributed by atoms with Crippen LogP contribution in [0, 0.1) is 11.8 Å². The zero-order valence-corrected chi connectivity index (χ0v) is 17.6. The largest absolute Gasteiger partial charge is 0.391 e. The highest BCUT2D eigenvalue weighted by molar-refractivity contribution is 5.85. The molecule has 5 nitrogen and oxygen atoms in total. The smallest absolute Gasteiger partial charge is 0.237 e. The summed E-state index contributed by atoms with van der Waals surface area (Å²) in [6.45, 7) is 5.93. The molecule has 0 radical (unpaired) electrons. The van der Waals surface area contributed by atoms with Crippen LogP contribution in [0.5, 0.6) is 0 Å². The SMILES string of the molecule is CC(C(=O)NCC1CNCC1O)N1CCC(Cc2ccccc2)CC1.Cl.Cl. The summed E-state index contributed by atoms with van der Waals surface area (Å²) >= 11 is 0. The third kappa shape index (κ3) is 6.91. The molecule has 0 bridgehead atoms. The number of amides is 1. The van der Waals surface area contributed by atoms with Gasteiger partial charge in [-0.15, -0.1) is 24.8 Å². The van der Waals surface area contributed by atoms with E-state index < -0.39 is 0 Å². The van der Waals surface area contributed by atoms with E-state index in [1.54, 1.807) is 0 Å². The van der Waals surface area contributed by atoms with E-state index in [1.165, 1.54) is 5.56 Å². The zero-order chi connectivity index (χ0) is 17.6. The summed E-state index contributed by atoms with van der Waals surface area (Å²) in [5.74, 6) is 0.932. The van der Waals surface area contributed by atoms with Crippen LogP contribution >= 0.6 is 24.8 Å². The van der Waals surface area contributed by atoms with Crippen LogP contribution in [-0.2, 0) is 11.2 Å². The van der Waals surface area contributed by atoms with Gasteiger partial charge in [-0.2, -0.15) is 0 Å². The quantitative estimate of drug-likeness (QED) is 0.660. The lowest BCUT2D eigenvalue weighted by atomic mass is 9.89. The van der Waals surface area contributed by atoms with E-state index >= 15 is 0 Å². The van der Waals surface area contributed by atoms with Crippen LogP contribution in [0.4, 0.5) is 0 Å². The third-order valence-corrected chi connectivity index (χ3v) is 5.79. The Labute approximate surface area is 175 Å². The van der Waals surface area contributed by atoms with E-state index in [-0.39, 0.29) is 48.8 Å². The summed E-state index contributed by atoms with van der Waals surface area (Å²) in [4.78, 5) is 14.7. The molecule has 3 atom stereocenters. The molecule has 154 valence electrons. The highest BCUT2D eigenvalue weighted by Crippen LogP contribution is 2.23. The van der Waals surface area contributed by atoms with Gasteiger partial charge in [0, 0.05) is 25.6 Å². The van der Waals surface area contributed by atoms with Crippen LogP contribution in [0.2, 0.25) is 0 Å². The average molecular weight is 418 g/mol. The van der Waals surface area contributed by atoms with Gasteiger partial charge in [-0.25, -0.2) is 0 Å². The Kier molecular flexibility index (Phi) is 10.6. The van der Waals surface area contributed by atoms with E-state index in [4.69, 9.17) is 0 Å². The lowest BCUT2D eigenvalue weighted by molar-refractivity contribution is -0.126. The van der Waals surface area contributed by atoms with Crippen LogP contribution in [-0.4, -0.2) is 60.8 Å². The molecular weight excluding hydrogens is 385 g/mol. The Morgan fingerprint density at radius 1 is 1.22 bits per heavy atom. The Morgan fingerprint density at radius 2 is 1.89 bits per heavy atom. The molecule has 7 heteroatoms. The molecule has 27 heavy (non-hydrogen) atoms. The molecule has 1 aromatic carbocycles. The number of aliphatic hydroxyl groups is 1. The van der Waals surface area contributed by atoms with Crippen molar-refractivity contribution in [3.8, 4) is 0 Å². The molecule has 1 amide bonds. The molecule has 0 aromatic heterocycles. The van der Waals surface area contributed by atoms with Gasteiger partial charge >= 0.3 is 0 Å². The monoisotopic (exact) mass is 417 g/mol. The van der Waals surface area contributed by atoms with Crippen LogP contribution in [0.3, 0.4) is 0 Å². The van der Waals surface area contributed by atoms with Crippen molar-refractivity contribution >= 4 is 30.7 Å². The number of likely N-dealkylation sites (tertiary alicyclic amines) is 1. The highest BCUT2D eigenvalue weighted by Gasteiger charge is 2.29. The number of β-amino-alcohol motifs (C(OH)–C–C–N with tert-alkyl or cyclic N) is 1. The van der Waals surface area contributed by atoms with Crippen molar-refractivity contribution in [1.29, 1.82) is 0 Å². The number of hydrogen-bond donors (Lipinski definition) is 3. The highest BCUT2D eigenvalue weighted by atomic mass is 35.5. The Balaban J connectivity index is 0.00000182. The van der Waals surface area contributed by atoms with Gasteiger partial charge in [0.1, 0.15) is 0 Å². The molecule has 1 aromatic rings. The molecule has 2 aliphatic heterocycles. The van der Waals surface area contributed by atoms with Crippen molar-refractivity contribution in [3.05, 3.63) is 35.9 Å². The van der Waals surface area contributed by atoms with E-state index in [0.29, 0.717) is 19.0 Å². The van der Waals surface area contributed by atoms with Gasteiger partial charge in [0.15, 0.2) is 0 Å². The van der Waals surface area contributed by atoms with Crippen molar-refractivity contribution in [3.63, 3.8) is 0 Å². The number of carbonyl (C=O) groups excluding carboxylic acids is 1. The fourth-order valence-corrected chi connectivity index (χ4v) is 3.96. The van der Waals surface area contributed by atoms with Gasteiger partial charge in [-0.3, -0.25) is 9.69 Å². The zero-order valence-electron chi connectivity index (χ0n) is 16.0. The Morgan fingerprint density at radius 3 is 2.48 bits per heavy atom. The second-order valence-corrected chi connectivity index (χ2v) is 7.58. The van der Waals surface area contributed by atoms with Crippen molar-refractivity contribution in [1.82, 2.24) is 15.5 Å². The number of hydrogen-bond acceptors (Lipinski definition) is 4. The molecule has 3 unspecified atom stereocenters. The van der Waals surface area contributed by atoms with Gasteiger partial charge in [-0.05, 0) is 50.8 Å². The minimum absolute atomic E-state index is 0. The lowest BCUT2D eigenvalue weighted by Crippen LogP contribution is -2.49. The second kappa shape index (κ2) is 11.9. The van der Waals surface area contributed by atoms with Crippen LogP contribution in [0.25, 0.3) is 0 Å². The molecule has 0 spiro atoms. The number of aliphatic hydroxyl groups excluding tert-OH is 1. The maximum Gasteiger partial charge on any atom is 0.237 e. The Bertz CT molecular complexity index is 553. The molecule has 0 aliphatic carbocycles. The number of nitrogens with zero attached hydrogens (tertiary/aromatic N) is 1. The molecule has 2 saturated heterocycles. The van der Waals surface area contributed by atoms with Crippen LogP contribution < -0.4 is 10.6 Å². The number of carbonyl (C=O) groups is 1. The normalized spacial score (nSPS) is 24.5. The third-order valence-electron chi connectivity index (χ3n) is 5.79. The van der Waals surface area contributed by atoms with Crippen molar-refractivity contribution in [2.45, 2.75) is 38.3 Å². The fraction of sp³-hybridized carbons (Fsp3) is 0.650. The van der Waals surface area contributed by atoms with E-state index in [0.717, 1.165) is 38.9 Å². The number of benzene rings is 1. The second-order valence-electron chi connectivity index (χ2n) is 7.58. The maximum atomic E-state index is 12.4. The first-order valence-corrected chi connectivity index (χ1v) is 9.58. The summed E-state index contributed by atoms with van der Waals surface area (Å²) < 4.78 is 0. The lowest BCUT2D eigenvalue weighted by Gasteiger charge is -2.35. The first-order chi connectivity index (χ1) is 12.1. The predicted molar refractivity (Wildman–Crippen MR) is 114 cm³/mol. The number of piperidine rings is 1. The summed E-state index contributed by atoms with van der Waals surface area (Å²) in [6.07, 6.45) is 3.10. The molecule has 3 rings (SSSR count). The Hall–Kier alpha value is -0.850. The standard InChI is InChI=1S/C20H31N3O2.2ClH/c1-15(20(25)22-13-18-12-21-14-19(18)24)23-9-7-17(8-10-23)11-16-5-3-2-4-6-16;;/h2-6,15,17-19,21,24H,7-14H2,1H3,(H,22,25);2*1H. The van der Waals surface area contributed by atoms with E-state index in [1.807, 2.05) is 6.92 Å². The molecule has 2 fully saturated rings. The van der Waals surface area contributed by atoms with Gasteiger partial charge in [0.25, 0.3) is 0 Å². The minimum atomic E-state index is -0.343. The van der Waals surface area contributed by atoms with Gasteiger partial charge < -0.3 is 15.7 Å². The first kappa shape index (κ1) is 24.2. The van der Waals surface area contributed by atoms with Crippen LogP contribution in [0.1, 0.15) is 25.3 Å². The number of nitrogens with one attached hydrogen (secondary N) is 2. The fourth-order valence-electron chi connectivity index (χ4n) is 3.96. The molecule has 2 heterocycles. The van der Waals surface area contributed by atoms with Gasteiger partial charge in [0.05, 0.1) is 12.1 Å². The summed E-state index contributed by atoms with van der Waals surface area (Å²) in [7, 11) is 0. The van der Waals surface area contributed by atoms with Crippen LogP contribution in [0.15, 0.2) is 30.3 Å². The summed E-state index contributed by atoms with van der Waals surface area (Å²) in [6, 6.07) is 10.6. The number of halogens is 2. The summed E-state index contributed by atoms with van der Waals surface area (Å²) in [5.41, 5.74) is 1.41. The number of rotatable bonds is 6. The molecular formula is C20H33Cl2N3O2. The molecule has 3 N–H and O–H groups in total. The van der Waals surface area contributed by atoms with Crippen molar-refractivity contribution < 1.29 is 9.90 Å². The minimum Gasteiger partial charge on any atom is -0.391 e. The van der Waals surface area contributed by atoms with E-state index in [9.17, 15) is 9.90 Å². The molecule has 2 aliphatic rings. The van der Waals surface area contributed by atoms with Crippen molar-refractivity contribution in [2.75, 3.05) is 32.7 Å². The van der Waals surface area contributed by atoms with E-state index in [2.05, 4.69) is 45.9 Å². The average Bonchev–Trinajstić information content (AvgIpc) is 3.05. The van der Waals surface area contributed by atoms with Gasteiger partial charge in [-0.1, -0.05) is 30.3 Å². The predicted octanol–water partition coefficient (Wildman–Crippen LogP) is 1.87. The van der Waals surface area contributed by atoms with Crippen molar-refractivity contribution in [2.24, 2.45) is 11.8 Å². The molecule has 0 saturated carbocycles. The first-order valence-electron chi connectivity index (χ1n) is 9.58.